The van der Waals surface area contributed by atoms with E-state index >= 15 is 0 Å². The Morgan fingerprint density at radius 1 is 0.879 bits per heavy atom. The maximum atomic E-state index is 14.2. The third-order valence-corrected chi connectivity index (χ3v) is 6.10. The van der Waals surface area contributed by atoms with Crippen LogP contribution in [0.2, 0.25) is 0 Å². The van der Waals surface area contributed by atoms with Gasteiger partial charge in [-0.25, -0.2) is 13.8 Å². The lowest BCUT2D eigenvalue weighted by Crippen LogP contribution is -2.36. The second-order valence-electron chi connectivity index (χ2n) is 7.76. The molecule has 0 saturated carbocycles. The first-order chi connectivity index (χ1) is 15.8. The Balaban J connectivity index is 1.64. The van der Waals surface area contributed by atoms with Crippen molar-refractivity contribution >= 4 is 38.4 Å². The molecule has 168 valence electrons. The number of halogens is 2. The average Bonchev–Trinajstić information content (AvgIpc) is 3.23. The molecule has 0 N–H and O–H groups in total. The first kappa shape index (κ1) is 22.7. The highest BCUT2D eigenvalue weighted by atomic mass is 32.1. The van der Waals surface area contributed by atoms with E-state index in [2.05, 4.69) is 4.98 Å². The van der Waals surface area contributed by atoms with Gasteiger partial charge in [-0.1, -0.05) is 53.8 Å². The topological polar surface area (TPSA) is 53.5 Å². The Morgan fingerprint density at radius 2 is 1.52 bits per heavy atom. The Hall–Kier alpha value is -3.49. The zero-order valence-corrected chi connectivity index (χ0v) is 18.9. The minimum absolute atomic E-state index is 0.0304. The molecule has 4 aromatic rings. The van der Waals surface area contributed by atoms with Crippen molar-refractivity contribution in [3.05, 3.63) is 95.1 Å². The highest BCUT2D eigenvalue weighted by Crippen LogP contribution is 2.32. The Kier molecular flexibility index (Phi) is 6.57. The number of hydrogen-bond donors (Lipinski definition) is 0. The van der Waals surface area contributed by atoms with E-state index in [1.54, 1.807) is 48.5 Å². The standard InChI is InChI=1S/C25H21F2N3O2S/c1-29(2)12-13-30(25-28-22-20(27)14-19(26)15-21(22)33-25)24(32)18-10-8-17(9-11-18)23(31)16-6-4-3-5-7-16/h3-11,14-15H,12-13H2,1-2H3. The second-order valence-corrected chi connectivity index (χ2v) is 8.77. The number of ketones is 1. The molecule has 0 bridgehead atoms. The normalized spacial score (nSPS) is 11.2. The summed E-state index contributed by atoms with van der Waals surface area (Å²) in [5, 5.41) is 0.283. The highest BCUT2D eigenvalue weighted by molar-refractivity contribution is 7.22. The monoisotopic (exact) mass is 465 g/mol. The van der Waals surface area contributed by atoms with Gasteiger partial charge in [-0.2, -0.15) is 0 Å². The fraction of sp³-hybridized carbons (Fsp3) is 0.160. The van der Waals surface area contributed by atoms with Gasteiger partial charge in [-0.05, 0) is 32.3 Å². The van der Waals surface area contributed by atoms with Crippen LogP contribution in [0.15, 0.2) is 66.7 Å². The van der Waals surface area contributed by atoms with Crippen LogP contribution in [0.25, 0.3) is 10.2 Å². The number of thiazole rings is 1. The lowest BCUT2D eigenvalue weighted by Gasteiger charge is -2.22. The number of carbonyl (C=O) groups is 2. The van der Waals surface area contributed by atoms with E-state index in [1.165, 1.54) is 11.0 Å². The summed E-state index contributed by atoms with van der Waals surface area (Å²) in [4.78, 5) is 33.6. The summed E-state index contributed by atoms with van der Waals surface area (Å²) >= 11 is 1.06. The van der Waals surface area contributed by atoms with E-state index in [4.69, 9.17) is 0 Å². The van der Waals surface area contributed by atoms with Crippen LogP contribution < -0.4 is 4.90 Å². The van der Waals surface area contributed by atoms with E-state index in [0.717, 1.165) is 17.4 Å². The second kappa shape index (κ2) is 9.56. The molecule has 0 aliphatic heterocycles. The van der Waals surface area contributed by atoms with Crippen molar-refractivity contribution in [2.45, 2.75) is 0 Å². The first-order valence-electron chi connectivity index (χ1n) is 10.3. The predicted molar refractivity (Wildman–Crippen MR) is 126 cm³/mol. The summed E-state index contributed by atoms with van der Waals surface area (Å²) in [5.74, 6) is -1.94. The zero-order chi connectivity index (χ0) is 23.5. The molecule has 5 nitrogen and oxygen atoms in total. The largest absolute Gasteiger partial charge is 0.308 e. The van der Waals surface area contributed by atoms with E-state index < -0.39 is 11.6 Å². The molecule has 0 unspecified atom stereocenters. The maximum Gasteiger partial charge on any atom is 0.260 e. The van der Waals surface area contributed by atoms with E-state index in [0.29, 0.717) is 34.5 Å². The minimum atomic E-state index is -0.767. The van der Waals surface area contributed by atoms with Gasteiger partial charge in [0.25, 0.3) is 5.91 Å². The SMILES string of the molecule is CN(C)CCN(C(=O)c1ccc(C(=O)c2ccccc2)cc1)c1nc2c(F)cc(F)cc2s1. The van der Waals surface area contributed by atoms with Crippen LogP contribution in [0.5, 0.6) is 0 Å². The summed E-state index contributed by atoms with van der Waals surface area (Å²) in [6.45, 7) is 0.851. The molecule has 0 spiro atoms. The molecule has 0 radical (unpaired) electrons. The third-order valence-electron chi connectivity index (χ3n) is 5.08. The van der Waals surface area contributed by atoms with E-state index in [1.807, 2.05) is 25.1 Å². The van der Waals surface area contributed by atoms with Gasteiger partial charge >= 0.3 is 0 Å². The van der Waals surface area contributed by atoms with Gasteiger partial charge in [0.2, 0.25) is 0 Å². The van der Waals surface area contributed by atoms with Gasteiger partial charge in [-0.3, -0.25) is 14.5 Å². The summed E-state index contributed by atoms with van der Waals surface area (Å²) in [6, 6.07) is 17.3. The lowest BCUT2D eigenvalue weighted by atomic mass is 10.0. The Bertz CT molecular complexity index is 1300. The molecule has 0 fully saturated rings. The van der Waals surface area contributed by atoms with Gasteiger partial charge < -0.3 is 4.90 Å². The third kappa shape index (κ3) is 4.97. The van der Waals surface area contributed by atoms with Gasteiger partial charge in [0.05, 0.1) is 4.70 Å². The molecule has 8 heteroatoms. The Labute approximate surface area is 193 Å². The number of aromatic nitrogens is 1. The maximum absolute atomic E-state index is 14.2. The predicted octanol–water partition coefficient (Wildman–Crippen LogP) is 5.01. The number of likely N-dealkylation sites (N-methyl/N-ethyl adjacent to an activating group) is 1. The summed E-state index contributed by atoms with van der Waals surface area (Å²) in [6.07, 6.45) is 0. The molecule has 1 amide bonds. The lowest BCUT2D eigenvalue weighted by molar-refractivity contribution is 0.0982. The van der Waals surface area contributed by atoms with E-state index in [9.17, 15) is 18.4 Å². The van der Waals surface area contributed by atoms with Crippen molar-refractivity contribution in [2.24, 2.45) is 0 Å². The van der Waals surface area contributed by atoms with Crippen LogP contribution in [-0.4, -0.2) is 48.8 Å². The number of hydrogen-bond acceptors (Lipinski definition) is 5. The van der Waals surface area contributed by atoms with Crippen molar-refractivity contribution < 1.29 is 18.4 Å². The zero-order valence-electron chi connectivity index (χ0n) is 18.1. The van der Waals surface area contributed by atoms with Crippen molar-refractivity contribution in [2.75, 3.05) is 32.1 Å². The number of benzene rings is 3. The molecule has 0 aliphatic rings. The van der Waals surface area contributed by atoms with Gasteiger partial charge in [0.15, 0.2) is 16.7 Å². The first-order valence-corrected chi connectivity index (χ1v) is 11.1. The fourth-order valence-corrected chi connectivity index (χ4v) is 4.35. The van der Waals surface area contributed by atoms with Crippen LogP contribution in [-0.2, 0) is 0 Å². The smallest absolute Gasteiger partial charge is 0.260 e. The van der Waals surface area contributed by atoms with Crippen LogP contribution in [0.3, 0.4) is 0 Å². The molecular formula is C25H21F2N3O2S. The van der Waals surface area contributed by atoms with Crippen molar-refractivity contribution in [3.63, 3.8) is 0 Å². The summed E-state index contributed by atoms with van der Waals surface area (Å²) in [7, 11) is 3.75. The minimum Gasteiger partial charge on any atom is -0.308 e. The molecule has 4 rings (SSSR count). The van der Waals surface area contributed by atoms with Crippen LogP contribution in [0.4, 0.5) is 13.9 Å². The van der Waals surface area contributed by atoms with Crippen molar-refractivity contribution in [1.29, 1.82) is 0 Å². The number of rotatable bonds is 7. The van der Waals surface area contributed by atoms with Gasteiger partial charge in [0.1, 0.15) is 11.3 Å². The average molecular weight is 466 g/mol. The van der Waals surface area contributed by atoms with Gasteiger partial charge in [-0.15, -0.1) is 0 Å². The number of carbonyl (C=O) groups excluding carboxylic acids is 2. The molecule has 0 aliphatic carbocycles. The summed E-state index contributed by atoms with van der Waals surface area (Å²) in [5.41, 5.74) is 1.43. The van der Waals surface area contributed by atoms with Crippen molar-refractivity contribution in [1.82, 2.24) is 9.88 Å². The Morgan fingerprint density at radius 3 is 2.18 bits per heavy atom. The molecule has 3 aromatic carbocycles. The van der Waals surface area contributed by atoms with Crippen LogP contribution in [0, 0.1) is 11.6 Å². The van der Waals surface area contributed by atoms with Crippen LogP contribution in [0.1, 0.15) is 26.3 Å². The highest BCUT2D eigenvalue weighted by Gasteiger charge is 2.23. The van der Waals surface area contributed by atoms with E-state index in [-0.39, 0.29) is 22.3 Å². The number of nitrogens with zero attached hydrogens (tertiary/aromatic N) is 3. The molecule has 1 aromatic heterocycles. The van der Waals surface area contributed by atoms with Gasteiger partial charge in [0, 0.05) is 35.8 Å². The molecule has 0 atom stereocenters. The number of fused-ring (bicyclic) bond motifs is 1. The molecule has 1 heterocycles. The van der Waals surface area contributed by atoms with Crippen LogP contribution >= 0.6 is 11.3 Å². The summed E-state index contributed by atoms with van der Waals surface area (Å²) < 4.78 is 28.1. The molecular weight excluding hydrogens is 444 g/mol. The van der Waals surface area contributed by atoms with Crippen molar-refractivity contribution in [3.8, 4) is 0 Å². The molecule has 33 heavy (non-hydrogen) atoms. The molecule has 0 saturated heterocycles. The number of anilines is 1. The fourth-order valence-electron chi connectivity index (χ4n) is 3.32. The quantitative estimate of drug-likeness (QED) is 0.360. The number of amides is 1.